The van der Waals surface area contributed by atoms with Gasteiger partial charge in [-0.15, -0.1) is 0 Å². The number of nitrogens with two attached hydrogens (primary N) is 1. The Morgan fingerprint density at radius 1 is 1.04 bits per heavy atom. The number of nitrogens with one attached hydrogen (secondary N) is 2. The van der Waals surface area contributed by atoms with E-state index in [0.717, 1.165) is 37.0 Å². The molecule has 0 aromatic heterocycles. The van der Waals surface area contributed by atoms with Crippen LogP contribution in [0.3, 0.4) is 0 Å². The maximum absolute atomic E-state index is 12.5. The minimum atomic E-state index is -1.14. The molecule has 0 aromatic rings. The van der Waals surface area contributed by atoms with Crippen LogP contribution in [0.1, 0.15) is 58.8 Å². The maximum Gasteiger partial charge on any atom is 0.326 e. The number of carbonyl (C=O) groups is 4. The van der Waals surface area contributed by atoms with Crippen molar-refractivity contribution >= 4 is 23.8 Å². The van der Waals surface area contributed by atoms with Gasteiger partial charge in [0, 0.05) is 6.42 Å². The standard InChI is InChI=1S/C20H31N3O5/c1-11(2)17(18(26)23-19(21)27)28-16(25)10-22-15(24)9-20-6-12-3-13(7-20)5-14(4-12)8-20/h11-14,17H,3-10H2,1-2H3,(H,22,24)(H3,21,23,26,27)/t12?,13?,14?,17-,20?/m0/s1. The van der Waals surface area contributed by atoms with Gasteiger partial charge >= 0.3 is 12.0 Å². The first kappa shape index (κ1) is 20.6. The highest BCUT2D eigenvalue weighted by Crippen LogP contribution is 2.61. The first-order chi connectivity index (χ1) is 13.2. The van der Waals surface area contributed by atoms with Crippen molar-refractivity contribution in [2.24, 2.45) is 34.8 Å². The van der Waals surface area contributed by atoms with E-state index in [2.05, 4.69) is 5.32 Å². The van der Waals surface area contributed by atoms with Crippen LogP contribution in [0.15, 0.2) is 0 Å². The van der Waals surface area contributed by atoms with Gasteiger partial charge in [0.05, 0.1) is 0 Å². The molecule has 4 bridgehead atoms. The van der Waals surface area contributed by atoms with Crippen LogP contribution in [-0.4, -0.2) is 36.5 Å². The molecule has 4 N–H and O–H groups in total. The van der Waals surface area contributed by atoms with Crippen molar-refractivity contribution in [3.05, 3.63) is 0 Å². The molecule has 4 aliphatic rings. The van der Waals surface area contributed by atoms with Gasteiger partial charge in [0.1, 0.15) is 6.54 Å². The fraction of sp³-hybridized carbons (Fsp3) is 0.800. The third-order valence-electron chi connectivity index (χ3n) is 6.50. The van der Waals surface area contributed by atoms with E-state index in [-0.39, 0.29) is 23.8 Å². The summed E-state index contributed by atoms with van der Waals surface area (Å²) >= 11 is 0. The number of imide groups is 1. The van der Waals surface area contributed by atoms with E-state index in [1.165, 1.54) is 19.3 Å². The molecule has 8 heteroatoms. The molecular weight excluding hydrogens is 362 g/mol. The molecular formula is C20H31N3O5. The lowest BCUT2D eigenvalue weighted by Gasteiger charge is -2.56. The summed E-state index contributed by atoms with van der Waals surface area (Å²) in [7, 11) is 0. The lowest BCUT2D eigenvalue weighted by molar-refractivity contribution is -0.158. The summed E-state index contributed by atoms with van der Waals surface area (Å²) in [6.07, 6.45) is 6.64. The Kier molecular flexibility index (Phi) is 5.95. The van der Waals surface area contributed by atoms with Gasteiger partial charge in [0.15, 0.2) is 6.10 Å². The van der Waals surface area contributed by atoms with Crippen molar-refractivity contribution in [1.82, 2.24) is 10.6 Å². The van der Waals surface area contributed by atoms with Crippen molar-refractivity contribution in [1.29, 1.82) is 0 Å². The summed E-state index contributed by atoms with van der Waals surface area (Å²) in [5, 5.41) is 4.56. The normalized spacial score (nSPS) is 31.3. The van der Waals surface area contributed by atoms with Gasteiger partial charge in [-0.2, -0.15) is 0 Å². The third-order valence-corrected chi connectivity index (χ3v) is 6.50. The molecule has 0 saturated heterocycles. The lowest BCUT2D eigenvalue weighted by Crippen LogP contribution is -2.48. The summed E-state index contributed by atoms with van der Waals surface area (Å²) in [6, 6.07) is -1.00. The van der Waals surface area contributed by atoms with E-state index in [1.807, 2.05) is 5.32 Å². The van der Waals surface area contributed by atoms with Crippen LogP contribution in [0.25, 0.3) is 0 Å². The van der Waals surface area contributed by atoms with E-state index < -0.39 is 24.0 Å². The van der Waals surface area contributed by atoms with Crippen molar-refractivity contribution in [3.63, 3.8) is 0 Å². The zero-order valence-corrected chi connectivity index (χ0v) is 16.7. The molecule has 8 nitrogen and oxygen atoms in total. The Morgan fingerprint density at radius 3 is 2.04 bits per heavy atom. The first-order valence-corrected chi connectivity index (χ1v) is 10.2. The molecule has 156 valence electrons. The average molecular weight is 393 g/mol. The highest BCUT2D eigenvalue weighted by atomic mass is 16.5. The van der Waals surface area contributed by atoms with Crippen LogP contribution in [0.4, 0.5) is 4.79 Å². The van der Waals surface area contributed by atoms with Crippen molar-refractivity contribution in [3.8, 4) is 0 Å². The number of hydrogen-bond acceptors (Lipinski definition) is 5. The Morgan fingerprint density at radius 2 is 1.57 bits per heavy atom. The Labute approximate surface area is 165 Å². The number of esters is 1. The summed E-state index contributed by atoms with van der Waals surface area (Å²) in [5.74, 6) is 0.333. The molecule has 1 atom stereocenters. The summed E-state index contributed by atoms with van der Waals surface area (Å²) in [5.41, 5.74) is 5.04. The molecule has 4 fully saturated rings. The zero-order valence-electron chi connectivity index (χ0n) is 16.7. The maximum atomic E-state index is 12.5. The van der Waals surface area contributed by atoms with Gasteiger partial charge < -0.3 is 15.8 Å². The highest BCUT2D eigenvalue weighted by Gasteiger charge is 2.51. The molecule has 4 rings (SSSR count). The van der Waals surface area contributed by atoms with E-state index in [0.29, 0.717) is 6.42 Å². The summed E-state index contributed by atoms with van der Waals surface area (Å²) < 4.78 is 5.15. The Balaban J connectivity index is 1.47. The monoisotopic (exact) mass is 393 g/mol. The minimum absolute atomic E-state index is 0.102. The van der Waals surface area contributed by atoms with Gasteiger partial charge in [-0.3, -0.25) is 19.7 Å². The number of primary amides is 1. The Bertz CT molecular complexity index is 625. The molecule has 0 heterocycles. The van der Waals surface area contributed by atoms with Crippen molar-refractivity contribution in [2.75, 3.05) is 6.54 Å². The number of carbonyl (C=O) groups excluding carboxylic acids is 4. The predicted octanol–water partition coefficient (Wildman–Crippen LogP) is 1.47. The topological polar surface area (TPSA) is 128 Å². The summed E-state index contributed by atoms with van der Waals surface area (Å²) in [6.45, 7) is 3.08. The van der Waals surface area contributed by atoms with Gasteiger partial charge in [-0.05, 0) is 67.6 Å². The fourth-order valence-electron chi connectivity index (χ4n) is 5.95. The minimum Gasteiger partial charge on any atom is -0.451 e. The second kappa shape index (κ2) is 8.09. The molecule has 4 saturated carbocycles. The number of ether oxygens (including phenoxy) is 1. The third kappa shape index (κ3) is 4.83. The van der Waals surface area contributed by atoms with Gasteiger partial charge in [0.2, 0.25) is 5.91 Å². The van der Waals surface area contributed by atoms with Crippen molar-refractivity contribution < 1.29 is 23.9 Å². The molecule has 0 aliphatic heterocycles. The van der Waals surface area contributed by atoms with Crippen LogP contribution in [0.5, 0.6) is 0 Å². The van der Waals surface area contributed by atoms with E-state index in [9.17, 15) is 19.2 Å². The summed E-state index contributed by atoms with van der Waals surface area (Å²) in [4.78, 5) is 47.3. The van der Waals surface area contributed by atoms with Crippen LogP contribution in [-0.2, 0) is 19.1 Å². The molecule has 0 aromatic carbocycles. The SMILES string of the molecule is CC(C)[C@H](OC(=O)CNC(=O)CC12CC3CC(CC(C3)C1)C2)C(=O)NC(N)=O. The number of hydrogen-bond donors (Lipinski definition) is 3. The molecule has 0 unspecified atom stereocenters. The van der Waals surface area contributed by atoms with Crippen LogP contribution < -0.4 is 16.4 Å². The number of rotatable bonds is 7. The van der Waals surface area contributed by atoms with Gasteiger partial charge in [0.25, 0.3) is 5.91 Å². The van der Waals surface area contributed by atoms with E-state index in [1.54, 1.807) is 13.8 Å². The molecule has 4 amide bonds. The first-order valence-electron chi connectivity index (χ1n) is 10.2. The zero-order chi connectivity index (χ0) is 20.5. The predicted molar refractivity (Wildman–Crippen MR) is 101 cm³/mol. The fourth-order valence-corrected chi connectivity index (χ4v) is 5.95. The van der Waals surface area contributed by atoms with Crippen molar-refractivity contribution in [2.45, 2.75) is 64.9 Å². The number of urea groups is 1. The molecule has 0 spiro atoms. The molecule has 0 radical (unpaired) electrons. The average Bonchev–Trinajstić information content (AvgIpc) is 2.55. The lowest BCUT2D eigenvalue weighted by atomic mass is 9.49. The van der Waals surface area contributed by atoms with Gasteiger partial charge in [-0.1, -0.05) is 13.8 Å². The van der Waals surface area contributed by atoms with Crippen LogP contribution in [0, 0.1) is 29.1 Å². The second-order valence-corrected chi connectivity index (χ2v) is 9.38. The second-order valence-electron chi connectivity index (χ2n) is 9.38. The molecule has 4 aliphatic carbocycles. The van der Waals surface area contributed by atoms with Gasteiger partial charge in [-0.25, -0.2) is 4.79 Å². The smallest absolute Gasteiger partial charge is 0.326 e. The van der Waals surface area contributed by atoms with E-state index in [4.69, 9.17) is 10.5 Å². The quantitative estimate of drug-likeness (QED) is 0.564. The highest BCUT2D eigenvalue weighted by molar-refractivity contribution is 5.97. The Hall–Kier alpha value is -2.12. The molecule has 28 heavy (non-hydrogen) atoms. The number of amides is 4. The largest absolute Gasteiger partial charge is 0.451 e. The van der Waals surface area contributed by atoms with Crippen LogP contribution in [0.2, 0.25) is 0 Å². The van der Waals surface area contributed by atoms with E-state index >= 15 is 0 Å². The van der Waals surface area contributed by atoms with Crippen LogP contribution >= 0.6 is 0 Å².